The van der Waals surface area contributed by atoms with Crippen LogP contribution in [0.5, 0.6) is 0 Å². The summed E-state index contributed by atoms with van der Waals surface area (Å²) in [5.41, 5.74) is 0. The number of nitrogens with zero attached hydrogens (tertiary/aromatic N) is 2. The fraction of sp³-hybridized carbons (Fsp3) is 0.333. The monoisotopic (exact) mass is 339 g/mol. The highest BCUT2D eigenvalue weighted by atomic mass is 127. The van der Waals surface area contributed by atoms with Crippen LogP contribution >= 0.6 is 34.2 Å². The molecule has 1 heterocycles. The summed E-state index contributed by atoms with van der Waals surface area (Å²) in [5.74, 6) is 0.504. The van der Waals surface area contributed by atoms with Crippen LogP contribution in [0.15, 0.2) is 18.3 Å². The summed E-state index contributed by atoms with van der Waals surface area (Å²) in [6.45, 7) is 0.708. The van der Waals surface area contributed by atoms with E-state index in [4.69, 9.17) is 11.6 Å². The van der Waals surface area contributed by atoms with Crippen molar-refractivity contribution in [3.05, 3.63) is 23.4 Å². The third-order valence-electron chi connectivity index (χ3n) is 1.73. The van der Waals surface area contributed by atoms with E-state index in [0.29, 0.717) is 17.4 Å². The van der Waals surface area contributed by atoms with Gasteiger partial charge >= 0.3 is 6.03 Å². The Bertz CT molecular complexity index is 331. The first kappa shape index (κ1) is 12.5. The van der Waals surface area contributed by atoms with Crippen LogP contribution in [0.1, 0.15) is 0 Å². The largest absolute Gasteiger partial charge is 0.327 e. The average molecular weight is 340 g/mol. The van der Waals surface area contributed by atoms with Gasteiger partial charge in [-0.25, -0.2) is 9.78 Å². The molecule has 0 unspecified atom stereocenters. The molecule has 6 heteroatoms. The van der Waals surface area contributed by atoms with Gasteiger partial charge in [0.15, 0.2) is 0 Å². The quantitative estimate of drug-likeness (QED) is 0.680. The van der Waals surface area contributed by atoms with Crippen molar-refractivity contribution in [2.24, 2.45) is 0 Å². The van der Waals surface area contributed by atoms with Crippen molar-refractivity contribution in [2.45, 2.75) is 0 Å². The van der Waals surface area contributed by atoms with Gasteiger partial charge in [0.1, 0.15) is 5.82 Å². The predicted octanol–water partition coefficient (Wildman–Crippen LogP) is 2.63. The first-order valence-electron chi connectivity index (χ1n) is 4.33. The second-order valence-corrected chi connectivity index (χ2v) is 4.42. The minimum Gasteiger partial charge on any atom is -0.327 e. The number of rotatable bonds is 3. The lowest BCUT2D eigenvalue weighted by molar-refractivity contribution is 0.225. The average Bonchev–Trinajstić information content (AvgIpc) is 2.22. The zero-order valence-corrected chi connectivity index (χ0v) is 11.1. The molecule has 0 fully saturated rings. The molecule has 1 aromatic heterocycles. The summed E-state index contributed by atoms with van der Waals surface area (Å²) in [4.78, 5) is 17.1. The van der Waals surface area contributed by atoms with Crippen molar-refractivity contribution in [1.82, 2.24) is 9.88 Å². The van der Waals surface area contributed by atoms with Crippen LogP contribution in [0.3, 0.4) is 0 Å². The number of aromatic nitrogens is 1. The van der Waals surface area contributed by atoms with Gasteiger partial charge in [-0.1, -0.05) is 34.2 Å². The van der Waals surface area contributed by atoms with E-state index >= 15 is 0 Å². The number of hydrogen-bond acceptors (Lipinski definition) is 2. The van der Waals surface area contributed by atoms with Crippen molar-refractivity contribution >= 4 is 46.0 Å². The molecule has 0 saturated carbocycles. The summed E-state index contributed by atoms with van der Waals surface area (Å²) in [5, 5.41) is 3.22. The van der Waals surface area contributed by atoms with E-state index in [1.807, 2.05) is 0 Å². The van der Waals surface area contributed by atoms with Gasteiger partial charge in [0, 0.05) is 24.2 Å². The van der Waals surface area contributed by atoms with E-state index in [2.05, 4.69) is 32.9 Å². The Hall–Kier alpha value is -0.560. The van der Waals surface area contributed by atoms with Crippen molar-refractivity contribution in [3.8, 4) is 0 Å². The fourth-order valence-electron chi connectivity index (χ4n) is 0.883. The number of amides is 2. The highest BCUT2D eigenvalue weighted by Gasteiger charge is 2.07. The van der Waals surface area contributed by atoms with E-state index in [1.54, 1.807) is 24.1 Å². The summed E-state index contributed by atoms with van der Waals surface area (Å²) >= 11 is 7.89. The Balaban J connectivity index is 2.54. The van der Waals surface area contributed by atoms with Gasteiger partial charge in [-0.3, -0.25) is 5.32 Å². The molecule has 0 spiro atoms. The molecule has 1 rings (SSSR count). The van der Waals surface area contributed by atoms with Crippen LogP contribution in [0.25, 0.3) is 0 Å². The number of pyridine rings is 1. The maximum Gasteiger partial charge on any atom is 0.322 e. The number of nitrogens with one attached hydrogen (secondary N) is 1. The van der Waals surface area contributed by atoms with Crippen molar-refractivity contribution in [3.63, 3.8) is 0 Å². The maximum atomic E-state index is 11.5. The van der Waals surface area contributed by atoms with Crippen LogP contribution < -0.4 is 5.32 Å². The van der Waals surface area contributed by atoms with Crippen molar-refractivity contribution < 1.29 is 4.79 Å². The summed E-state index contributed by atoms with van der Waals surface area (Å²) in [7, 11) is 1.74. The second-order valence-electron chi connectivity index (χ2n) is 2.90. The third-order valence-corrected chi connectivity index (χ3v) is 2.44. The van der Waals surface area contributed by atoms with Gasteiger partial charge in [0.25, 0.3) is 0 Å². The van der Waals surface area contributed by atoms with Crippen LogP contribution in [-0.4, -0.2) is 33.9 Å². The first-order chi connectivity index (χ1) is 7.13. The Morgan fingerprint density at radius 3 is 2.93 bits per heavy atom. The minimum absolute atomic E-state index is 0.165. The second kappa shape index (κ2) is 6.12. The number of halogens is 2. The van der Waals surface area contributed by atoms with Crippen LogP contribution in [0.2, 0.25) is 5.02 Å². The molecule has 4 nitrogen and oxygen atoms in total. The molecule has 82 valence electrons. The normalized spacial score (nSPS) is 9.80. The number of anilines is 1. The molecule has 0 aliphatic heterocycles. The van der Waals surface area contributed by atoms with Crippen LogP contribution in [0.4, 0.5) is 10.6 Å². The van der Waals surface area contributed by atoms with Gasteiger partial charge in [-0.15, -0.1) is 0 Å². The lowest BCUT2D eigenvalue weighted by Gasteiger charge is -2.15. The van der Waals surface area contributed by atoms with E-state index in [9.17, 15) is 4.79 Å². The van der Waals surface area contributed by atoms with E-state index in [1.165, 1.54) is 6.20 Å². The SMILES string of the molecule is CN(CCI)C(=O)Nc1ccc(Cl)cn1. The number of carbonyl (C=O) groups excluding carboxylic acids is 1. The van der Waals surface area contributed by atoms with Crippen LogP contribution in [0, 0.1) is 0 Å². The summed E-state index contributed by atoms with van der Waals surface area (Å²) in [6, 6.07) is 3.18. The molecule has 0 aliphatic carbocycles. The maximum absolute atomic E-state index is 11.5. The summed E-state index contributed by atoms with van der Waals surface area (Å²) in [6.07, 6.45) is 1.50. The van der Waals surface area contributed by atoms with Gasteiger partial charge < -0.3 is 4.90 Å². The fourth-order valence-corrected chi connectivity index (χ4v) is 1.72. The first-order valence-corrected chi connectivity index (χ1v) is 6.23. The molecule has 15 heavy (non-hydrogen) atoms. The molecule has 0 bridgehead atoms. The number of carbonyl (C=O) groups is 1. The third kappa shape index (κ3) is 4.21. The zero-order valence-electron chi connectivity index (χ0n) is 8.20. The Morgan fingerprint density at radius 2 is 2.40 bits per heavy atom. The van der Waals surface area contributed by atoms with Gasteiger partial charge in [0.2, 0.25) is 0 Å². The lowest BCUT2D eigenvalue weighted by atomic mass is 10.4. The number of alkyl halides is 1. The molecule has 1 aromatic rings. The Morgan fingerprint density at radius 1 is 1.67 bits per heavy atom. The zero-order chi connectivity index (χ0) is 11.3. The number of hydrogen-bond donors (Lipinski definition) is 1. The number of urea groups is 1. The van der Waals surface area contributed by atoms with E-state index in [-0.39, 0.29) is 6.03 Å². The molecular weight excluding hydrogens is 328 g/mol. The molecule has 0 aliphatic rings. The Labute approximate surface area is 107 Å². The summed E-state index contributed by atoms with van der Waals surface area (Å²) < 4.78 is 0.899. The highest BCUT2D eigenvalue weighted by Crippen LogP contribution is 2.09. The molecule has 0 aromatic carbocycles. The molecule has 0 saturated heterocycles. The van der Waals surface area contributed by atoms with Crippen LogP contribution in [-0.2, 0) is 0 Å². The van der Waals surface area contributed by atoms with Gasteiger partial charge in [-0.05, 0) is 12.1 Å². The molecule has 0 radical (unpaired) electrons. The smallest absolute Gasteiger partial charge is 0.322 e. The molecule has 0 atom stereocenters. The Kier molecular flexibility index (Phi) is 5.10. The van der Waals surface area contributed by atoms with Gasteiger partial charge in [0.05, 0.1) is 5.02 Å². The standard InChI is InChI=1S/C9H11ClIN3O/c1-14(5-4-11)9(15)13-8-3-2-7(10)6-12-8/h2-3,6H,4-5H2,1H3,(H,12,13,15). The van der Waals surface area contributed by atoms with Crippen molar-refractivity contribution in [2.75, 3.05) is 23.3 Å². The molecular formula is C9H11ClIN3O. The van der Waals surface area contributed by atoms with E-state index < -0.39 is 0 Å². The molecule has 2 amide bonds. The molecule has 1 N–H and O–H groups in total. The highest BCUT2D eigenvalue weighted by molar-refractivity contribution is 14.1. The lowest BCUT2D eigenvalue weighted by Crippen LogP contribution is -2.32. The predicted molar refractivity (Wildman–Crippen MR) is 69.8 cm³/mol. The van der Waals surface area contributed by atoms with Crippen molar-refractivity contribution in [1.29, 1.82) is 0 Å². The minimum atomic E-state index is -0.165. The topological polar surface area (TPSA) is 45.2 Å². The van der Waals surface area contributed by atoms with E-state index in [0.717, 1.165) is 4.43 Å². The van der Waals surface area contributed by atoms with Gasteiger partial charge in [-0.2, -0.15) is 0 Å².